The van der Waals surface area contributed by atoms with Gasteiger partial charge in [-0.25, -0.2) is 12.7 Å². The van der Waals surface area contributed by atoms with Crippen LogP contribution in [0.5, 0.6) is 11.5 Å². The first kappa shape index (κ1) is 23.0. The van der Waals surface area contributed by atoms with Crippen LogP contribution in [-0.2, 0) is 10.0 Å². The number of ether oxygens (including phenoxy) is 2. The predicted octanol–water partition coefficient (Wildman–Crippen LogP) is 2.12. The molecule has 0 amide bonds. The maximum atomic E-state index is 11.6. The second kappa shape index (κ2) is 10.5. The van der Waals surface area contributed by atoms with E-state index in [1.807, 2.05) is 25.1 Å². The third-order valence-corrected chi connectivity index (χ3v) is 5.85. The van der Waals surface area contributed by atoms with Crippen LogP contribution >= 0.6 is 24.0 Å². The van der Waals surface area contributed by atoms with E-state index in [0.29, 0.717) is 38.8 Å². The topological polar surface area (TPSA) is 92.3 Å². The summed E-state index contributed by atoms with van der Waals surface area (Å²) in [6.07, 6.45) is 2.96. The molecule has 2 heterocycles. The second-order valence-corrected chi connectivity index (χ2v) is 8.81. The summed E-state index contributed by atoms with van der Waals surface area (Å²) in [6, 6.07) is 5.74. The summed E-state index contributed by atoms with van der Waals surface area (Å²) in [5.74, 6) is 2.39. The van der Waals surface area contributed by atoms with E-state index in [9.17, 15) is 8.42 Å². The van der Waals surface area contributed by atoms with Crippen LogP contribution in [0.1, 0.15) is 19.8 Å². The lowest BCUT2D eigenvalue weighted by Crippen LogP contribution is -2.32. The largest absolute Gasteiger partial charge is 0.490 e. The van der Waals surface area contributed by atoms with Crippen LogP contribution in [-0.4, -0.2) is 64.3 Å². The van der Waals surface area contributed by atoms with Crippen molar-refractivity contribution in [3.05, 3.63) is 18.2 Å². The van der Waals surface area contributed by atoms with Gasteiger partial charge in [-0.2, -0.15) is 0 Å². The zero-order valence-electron chi connectivity index (χ0n) is 16.3. The number of nitrogens with one attached hydrogen (secondary N) is 2. The Morgan fingerprint density at radius 1 is 1.29 bits per heavy atom. The molecule has 2 aliphatic rings. The Hall–Kier alpha value is -1.27. The highest BCUT2D eigenvalue weighted by Gasteiger charge is 2.28. The molecule has 0 aromatic heterocycles. The van der Waals surface area contributed by atoms with E-state index in [1.165, 1.54) is 10.6 Å². The molecular weight excluding hydrogens is 495 g/mol. The summed E-state index contributed by atoms with van der Waals surface area (Å²) in [4.78, 5) is 4.64. The van der Waals surface area contributed by atoms with Gasteiger partial charge < -0.3 is 20.1 Å². The maximum absolute atomic E-state index is 11.6. The lowest BCUT2D eigenvalue weighted by molar-refractivity contribution is 0.297. The van der Waals surface area contributed by atoms with Gasteiger partial charge in [0.2, 0.25) is 10.0 Å². The molecular formula is C18H29IN4O4S. The standard InChI is InChI=1S/C18H28N4O4S.HI/c1-3-19-18(20-12-14-7-8-22(13-14)27(2,23)24)21-15-5-6-16-17(11-15)26-10-4-9-25-16;/h5-6,11,14H,3-4,7-10,12-13H2,1-2H3,(H2,19,20,21);1H. The minimum absolute atomic E-state index is 0. The van der Waals surface area contributed by atoms with Crippen molar-refractivity contribution in [2.24, 2.45) is 10.9 Å². The summed E-state index contributed by atoms with van der Waals surface area (Å²) in [5, 5.41) is 6.51. The number of hydrogen-bond acceptors (Lipinski definition) is 5. The molecule has 0 spiro atoms. The van der Waals surface area contributed by atoms with Gasteiger partial charge in [0.05, 0.1) is 19.5 Å². The van der Waals surface area contributed by atoms with Crippen molar-refractivity contribution in [1.29, 1.82) is 0 Å². The molecule has 1 atom stereocenters. The van der Waals surface area contributed by atoms with Gasteiger partial charge in [0.1, 0.15) is 0 Å². The molecule has 0 radical (unpaired) electrons. The number of halogens is 1. The Morgan fingerprint density at radius 3 is 2.71 bits per heavy atom. The first-order valence-electron chi connectivity index (χ1n) is 9.36. The van der Waals surface area contributed by atoms with Crippen molar-refractivity contribution < 1.29 is 17.9 Å². The van der Waals surface area contributed by atoms with Crippen molar-refractivity contribution >= 4 is 45.6 Å². The van der Waals surface area contributed by atoms with E-state index in [-0.39, 0.29) is 29.9 Å². The highest BCUT2D eigenvalue weighted by Crippen LogP contribution is 2.32. The molecule has 0 saturated carbocycles. The van der Waals surface area contributed by atoms with Crippen molar-refractivity contribution in [3.8, 4) is 11.5 Å². The van der Waals surface area contributed by atoms with Gasteiger partial charge in [0.15, 0.2) is 17.5 Å². The maximum Gasteiger partial charge on any atom is 0.211 e. The van der Waals surface area contributed by atoms with E-state index in [2.05, 4.69) is 15.6 Å². The number of nitrogens with zero attached hydrogens (tertiary/aromatic N) is 2. The third kappa shape index (κ3) is 6.38. The first-order chi connectivity index (χ1) is 13.0. The van der Waals surface area contributed by atoms with Gasteiger partial charge >= 0.3 is 0 Å². The Kier molecular flexibility index (Phi) is 8.62. The molecule has 0 bridgehead atoms. The molecule has 0 aliphatic carbocycles. The zero-order chi connectivity index (χ0) is 19.3. The minimum atomic E-state index is -3.12. The zero-order valence-corrected chi connectivity index (χ0v) is 19.5. The molecule has 10 heteroatoms. The van der Waals surface area contributed by atoms with Gasteiger partial charge in [-0.05, 0) is 31.4 Å². The summed E-state index contributed by atoms with van der Waals surface area (Å²) >= 11 is 0. The van der Waals surface area contributed by atoms with E-state index >= 15 is 0 Å². The third-order valence-electron chi connectivity index (χ3n) is 4.58. The Bertz CT molecular complexity index is 788. The van der Waals surface area contributed by atoms with Gasteiger partial charge in [-0.15, -0.1) is 24.0 Å². The van der Waals surface area contributed by atoms with Crippen molar-refractivity contribution in [2.75, 3.05) is 51.0 Å². The van der Waals surface area contributed by atoms with E-state index in [0.717, 1.165) is 36.6 Å². The molecule has 3 rings (SSSR count). The van der Waals surface area contributed by atoms with Crippen LogP contribution in [0.3, 0.4) is 0 Å². The minimum Gasteiger partial charge on any atom is -0.490 e. The normalized spacial score (nSPS) is 20.2. The van der Waals surface area contributed by atoms with Crippen LogP contribution in [0, 0.1) is 5.92 Å². The molecule has 1 fully saturated rings. The molecule has 1 unspecified atom stereocenters. The number of aliphatic imine (C=N–C) groups is 1. The van der Waals surface area contributed by atoms with Crippen LogP contribution in [0.2, 0.25) is 0 Å². The molecule has 28 heavy (non-hydrogen) atoms. The average Bonchev–Trinajstić information content (AvgIpc) is 2.99. The van der Waals surface area contributed by atoms with Gasteiger partial charge in [-0.1, -0.05) is 0 Å². The predicted molar refractivity (Wildman–Crippen MR) is 122 cm³/mol. The van der Waals surface area contributed by atoms with Gasteiger partial charge in [-0.3, -0.25) is 4.99 Å². The van der Waals surface area contributed by atoms with E-state index in [4.69, 9.17) is 9.47 Å². The lowest BCUT2D eigenvalue weighted by Gasteiger charge is -2.15. The molecule has 2 aliphatic heterocycles. The average molecular weight is 524 g/mol. The number of hydrogen-bond donors (Lipinski definition) is 2. The van der Waals surface area contributed by atoms with Crippen LogP contribution in [0.15, 0.2) is 23.2 Å². The summed E-state index contributed by atoms with van der Waals surface area (Å²) in [7, 11) is -3.12. The monoisotopic (exact) mass is 524 g/mol. The smallest absolute Gasteiger partial charge is 0.211 e. The molecule has 1 aromatic rings. The fourth-order valence-corrected chi connectivity index (χ4v) is 4.07. The SMILES string of the molecule is CCNC(=NCC1CCN(S(C)(=O)=O)C1)Nc1ccc2c(c1)OCCCO2.I. The molecule has 8 nitrogen and oxygen atoms in total. The number of fused-ring (bicyclic) bond motifs is 1. The Balaban J connectivity index is 0.00000280. The molecule has 1 saturated heterocycles. The van der Waals surface area contributed by atoms with Crippen LogP contribution < -0.4 is 20.1 Å². The van der Waals surface area contributed by atoms with Gasteiger partial charge in [0, 0.05) is 44.4 Å². The quantitative estimate of drug-likeness (QED) is 0.349. The van der Waals surface area contributed by atoms with Crippen LogP contribution in [0.25, 0.3) is 0 Å². The summed E-state index contributed by atoms with van der Waals surface area (Å²) in [6.45, 7) is 5.73. The summed E-state index contributed by atoms with van der Waals surface area (Å²) < 4.78 is 36.2. The van der Waals surface area contributed by atoms with E-state index in [1.54, 1.807) is 0 Å². The second-order valence-electron chi connectivity index (χ2n) is 6.83. The Labute approximate surface area is 184 Å². The van der Waals surface area contributed by atoms with E-state index < -0.39 is 10.0 Å². The van der Waals surface area contributed by atoms with Crippen LogP contribution in [0.4, 0.5) is 5.69 Å². The first-order valence-corrected chi connectivity index (χ1v) is 11.2. The fourth-order valence-electron chi connectivity index (χ4n) is 3.15. The molecule has 158 valence electrons. The molecule has 2 N–H and O–H groups in total. The number of anilines is 1. The van der Waals surface area contributed by atoms with Crippen molar-refractivity contribution in [2.45, 2.75) is 19.8 Å². The molecule has 1 aromatic carbocycles. The number of benzene rings is 1. The van der Waals surface area contributed by atoms with Crippen molar-refractivity contribution in [3.63, 3.8) is 0 Å². The summed E-state index contributed by atoms with van der Waals surface area (Å²) in [5.41, 5.74) is 0.864. The number of guanidine groups is 1. The highest BCUT2D eigenvalue weighted by atomic mass is 127. The number of sulfonamides is 1. The van der Waals surface area contributed by atoms with Crippen molar-refractivity contribution in [1.82, 2.24) is 9.62 Å². The fraction of sp³-hybridized carbons (Fsp3) is 0.611. The highest BCUT2D eigenvalue weighted by molar-refractivity contribution is 14.0. The Morgan fingerprint density at radius 2 is 2.04 bits per heavy atom. The number of rotatable bonds is 5. The van der Waals surface area contributed by atoms with Gasteiger partial charge in [0.25, 0.3) is 0 Å². The lowest BCUT2D eigenvalue weighted by atomic mass is 10.1.